The van der Waals surface area contributed by atoms with Gasteiger partial charge < -0.3 is 15.8 Å². The van der Waals surface area contributed by atoms with E-state index in [1.165, 1.54) is 19.3 Å². The first-order chi connectivity index (χ1) is 9.66. The van der Waals surface area contributed by atoms with Gasteiger partial charge in [0, 0.05) is 5.56 Å². The van der Waals surface area contributed by atoms with Gasteiger partial charge in [0.05, 0.1) is 11.8 Å². The third-order valence-corrected chi connectivity index (χ3v) is 3.69. The minimum atomic E-state index is -0.167. The van der Waals surface area contributed by atoms with Gasteiger partial charge >= 0.3 is 0 Å². The van der Waals surface area contributed by atoms with Crippen molar-refractivity contribution in [3.63, 3.8) is 0 Å². The number of rotatable bonds is 5. The van der Waals surface area contributed by atoms with Gasteiger partial charge in [-0.25, -0.2) is 0 Å². The van der Waals surface area contributed by atoms with Crippen LogP contribution in [0.2, 0.25) is 0 Å². The number of carbonyl (C=O) groups excluding carboxylic acids is 1. The number of para-hydroxylation sites is 1. The first-order valence-electron chi connectivity index (χ1n) is 6.97. The largest absolute Gasteiger partial charge is 0.389 e. The fourth-order valence-electron chi connectivity index (χ4n) is 2.42. The molecule has 2 rings (SSSR count). The number of thiocarbonyl (C=S) groups is 1. The van der Waals surface area contributed by atoms with Crippen LogP contribution < -0.4 is 11.1 Å². The second-order valence-electron chi connectivity index (χ2n) is 5.03. The number of benzene rings is 1. The Morgan fingerprint density at radius 3 is 2.70 bits per heavy atom. The van der Waals surface area contributed by atoms with Crippen LogP contribution in [0.5, 0.6) is 0 Å². The molecule has 1 aliphatic rings. The van der Waals surface area contributed by atoms with Crippen LogP contribution in [0.1, 0.15) is 37.7 Å². The fourth-order valence-corrected chi connectivity index (χ4v) is 2.60. The summed E-state index contributed by atoms with van der Waals surface area (Å²) < 4.78 is 5.64. The van der Waals surface area contributed by atoms with Crippen molar-refractivity contribution in [3.05, 3.63) is 29.8 Å². The average molecular weight is 292 g/mol. The Hall–Kier alpha value is -1.46. The van der Waals surface area contributed by atoms with E-state index in [0.29, 0.717) is 11.3 Å². The zero-order valence-electron chi connectivity index (χ0n) is 11.4. The van der Waals surface area contributed by atoms with Crippen molar-refractivity contribution in [1.82, 2.24) is 0 Å². The Morgan fingerprint density at radius 1 is 1.30 bits per heavy atom. The summed E-state index contributed by atoms with van der Waals surface area (Å²) >= 11 is 4.96. The van der Waals surface area contributed by atoms with Crippen LogP contribution in [0.15, 0.2) is 24.3 Å². The molecule has 0 aromatic heterocycles. The fraction of sp³-hybridized carbons (Fsp3) is 0.467. The third-order valence-electron chi connectivity index (χ3n) is 3.47. The highest BCUT2D eigenvalue weighted by atomic mass is 32.1. The highest BCUT2D eigenvalue weighted by Gasteiger charge is 2.15. The van der Waals surface area contributed by atoms with Gasteiger partial charge in [-0.15, -0.1) is 0 Å². The van der Waals surface area contributed by atoms with E-state index in [-0.39, 0.29) is 23.6 Å². The molecule has 0 aliphatic heterocycles. The van der Waals surface area contributed by atoms with Crippen molar-refractivity contribution in [2.24, 2.45) is 5.73 Å². The molecular weight excluding hydrogens is 272 g/mol. The number of nitrogens with one attached hydrogen (secondary N) is 1. The van der Waals surface area contributed by atoms with E-state index in [4.69, 9.17) is 22.7 Å². The van der Waals surface area contributed by atoms with E-state index in [9.17, 15) is 4.79 Å². The molecule has 1 saturated carbocycles. The van der Waals surface area contributed by atoms with Crippen molar-refractivity contribution in [2.45, 2.75) is 38.2 Å². The van der Waals surface area contributed by atoms with Gasteiger partial charge in [-0.3, -0.25) is 4.79 Å². The maximum absolute atomic E-state index is 11.9. The van der Waals surface area contributed by atoms with Gasteiger partial charge in [0.15, 0.2) is 0 Å². The predicted octanol–water partition coefficient (Wildman–Crippen LogP) is 2.61. The Morgan fingerprint density at radius 2 is 2.00 bits per heavy atom. The summed E-state index contributed by atoms with van der Waals surface area (Å²) in [6.45, 7) is 0.0797. The quantitative estimate of drug-likeness (QED) is 0.819. The lowest BCUT2D eigenvalue weighted by Gasteiger charge is -2.21. The molecule has 1 fully saturated rings. The highest BCUT2D eigenvalue weighted by molar-refractivity contribution is 7.80. The van der Waals surface area contributed by atoms with Gasteiger partial charge in [0.25, 0.3) is 0 Å². The Bertz CT molecular complexity index is 485. The number of ether oxygens (including phenoxy) is 1. The number of carbonyl (C=O) groups is 1. The van der Waals surface area contributed by atoms with Gasteiger partial charge in [-0.2, -0.15) is 0 Å². The van der Waals surface area contributed by atoms with Gasteiger partial charge in [0.1, 0.15) is 11.6 Å². The van der Waals surface area contributed by atoms with E-state index >= 15 is 0 Å². The number of nitrogens with two attached hydrogens (primary N) is 1. The molecule has 0 atom stereocenters. The maximum atomic E-state index is 11.9. The van der Waals surface area contributed by atoms with Crippen molar-refractivity contribution in [2.75, 3.05) is 11.9 Å². The monoisotopic (exact) mass is 292 g/mol. The molecule has 0 bridgehead atoms. The maximum Gasteiger partial charge on any atom is 0.250 e. The molecule has 5 heteroatoms. The molecular formula is C15H20N2O2S. The summed E-state index contributed by atoms with van der Waals surface area (Å²) in [5, 5.41) is 2.80. The van der Waals surface area contributed by atoms with E-state index in [1.54, 1.807) is 12.1 Å². The standard InChI is InChI=1S/C15H20N2O2S/c16-15(20)12-8-4-5-9-13(12)17-14(18)10-19-11-6-2-1-3-7-11/h4-5,8-9,11H,1-3,6-7,10H2,(H2,16,20)(H,17,18). The molecule has 4 nitrogen and oxygen atoms in total. The Labute approximate surface area is 124 Å². The molecule has 1 aliphatic carbocycles. The topological polar surface area (TPSA) is 64.3 Å². The molecule has 1 amide bonds. The van der Waals surface area contributed by atoms with Gasteiger partial charge in [-0.1, -0.05) is 43.6 Å². The number of hydrogen-bond donors (Lipinski definition) is 2. The molecule has 0 unspecified atom stereocenters. The van der Waals surface area contributed by atoms with Crippen LogP contribution in [0, 0.1) is 0 Å². The van der Waals surface area contributed by atoms with Crippen molar-refractivity contribution in [3.8, 4) is 0 Å². The Balaban J connectivity index is 1.86. The second kappa shape index (κ2) is 7.36. The lowest BCUT2D eigenvalue weighted by Crippen LogP contribution is -2.25. The van der Waals surface area contributed by atoms with Crippen LogP contribution in [-0.4, -0.2) is 23.6 Å². The van der Waals surface area contributed by atoms with E-state index in [2.05, 4.69) is 5.32 Å². The summed E-state index contributed by atoms with van der Waals surface area (Å²) in [5.41, 5.74) is 6.94. The van der Waals surface area contributed by atoms with Crippen LogP contribution in [0.4, 0.5) is 5.69 Å². The van der Waals surface area contributed by atoms with Crippen LogP contribution in [-0.2, 0) is 9.53 Å². The van der Waals surface area contributed by atoms with Gasteiger partial charge in [0.2, 0.25) is 5.91 Å². The number of anilines is 1. The molecule has 0 radical (unpaired) electrons. The number of hydrogen-bond acceptors (Lipinski definition) is 3. The SMILES string of the molecule is NC(=S)c1ccccc1NC(=O)COC1CCCCC1. The smallest absolute Gasteiger partial charge is 0.250 e. The molecule has 1 aromatic carbocycles. The predicted molar refractivity (Wildman–Crippen MR) is 83.8 cm³/mol. The average Bonchev–Trinajstić information content (AvgIpc) is 2.46. The van der Waals surface area contributed by atoms with Crippen molar-refractivity contribution < 1.29 is 9.53 Å². The first-order valence-corrected chi connectivity index (χ1v) is 7.38. The lowest BCUT2D eigenvalue weighted by atomic mass is 9.98. The van der Waals surface area contributed by atoms with Crippen molar-refractivity contribution in [1.29, 1.82) is 0 Å². The Kier molecular flexibility index (Phi) is 5.49. The normalized spacial score (nSPS) is 15.8. The molecule has 108 valence electrons. The number of amides is 1. The molecule has 0 saturated heterocycles. The molecule has 3 N–H and O–H groups in total. The summed E-state index contributed by atoms with van der Waals surface area (Å²) in [6.07, 6.45) is 5.98. The first kappa shape index (κ1) is 14.9. The minimum absolute atomic E-state index is 0.0797. The van der Waals surface area contributed by atoms with Gasteiger partial charge in [-0.05, 0) is 25.0 Å². The molecule has 0 heterocycles. The zero-order chi connectivity index (χ0) is 14.4. The molecule has 20 heavy (non-hydrogen) atoms. The minimum Gasteiger partial charge on any atom is -0.389 e. The summed E-state index contributed by atoms with van der Waals surface area (Å²) in [4.78, 5) is 12.2. The van der Waals surface area contributed by atoms with Crippen LogP contribution >= 0.6 is 12.2 Å². The summed E-state index contributed by atoms with van der Waals surface area (Å²) in [5.74, 6) is -0.167. The lowest BCUT2D eigenvalue weighted by molar-refractivity contribution is -0.123. The molecule has 1 aromatic rings. The van der Waals surface area contributed by atoms with Crippen LogP contribution in [0.3, 0.4) is 0 Å². The summed E-state index contributed by atoms with van der Waals surface area (Å²) in [7, 11) is 0. The second-order valence-corrected chi connectivity index (χ2v) is 5.47. The van der Waals surface area contributed by atoms with Crippen LogP contribution in [0.25, 0.3) is 0 Å². The third kappa shape index (κ3) is 4.28. The van der Waals surface area contributed by atoms with E-state index in [1.807, 2.05) is 12.1 Å². The van der Waals surface area contributed by atoms with E-state index in [0.717, 1.165) is 12.8 Å². The zero-order valence-corrected chi connectivity index (χ0v) is 12.2. The molecule has 0 spiro atoms. The van der Waals surface area contributed by atoms with Crippen molar-refractivity contribution >= 4 is 28.8 Å². The summed E-state index contributed by atoms with van der Waals surface area (Å²) in [6, 6.07) is 7.25. The van der Waals surface area contributed by atoms with E-state index < -0.39 is 0 Å². The highest BCUT2D eigenvalue weighted by Crippen LogP contribution is 2.20.